The van der Waals surface area contributed by atoms with Crippen LogP contribution in [0, 0.1) is 0 Å². The lowest BCUT2D eigenvalue weighted by atomic mass is 10.3. The van der Waals surface area contributed by atoms with Gasteiger partial charge in [0.1, 0.15) is 6.04 Å². The molecule has 0 heterocycles. The number of hydrogen-bond donors (Lipinski definition) is 3. The molecule has 0 aliphatic heterocycles. The predicted molar refractivity (Wildman–Crippen MR) is 63.9 cm³/mol. The first-order chi connectivity index (χ1) is 8.02. The van der Waals surface area contributed by atoms with Crippen LogP contribution < -0.4 is 10.6 Å². The largest absolute Gasteiger partial charge is 0.480 e. The van der Waals surface area contributed by atoms with Crippen LogP contribution in [0.5, 0.6) is 0 Å². The number of carboxylic acids is 1. The number of carboxylic acid groups (broad SMARTS) is 1. The zero-order valence-electron chi connectivity index (χ0n) is 10.4. The van der Waals surface area contributed by atoms with Crippen molar-refractivity contribution < 1.29 is 14.7 Å². The number of amides is 2. The van der Waals surface area contributed by atoms with E-state index in [0.717, 1.165) is 13.0 Å². The topological polar surface area (TPSA) is 81.7 Å². The molecule has 0 bridgehead atoms. The van der Waals surface area contributed by atoms with Gasteiger partial charge in [0.05, 0.1) is 0 Å². The highest BCUT2D eigenvalue weighted by atomic mass is 16.4. The number of urea groups is 1. The number of hydrogen-bond acceptors (Lipinski definition) is 3. The van der Waals surface area contributed by atoms with Crippen molar-refractivity contribution >= 4 is 12.0 Å². The van der Waals surface area contributed by atoms with Crippen LogP contribution >= 0.6 is 0 Å². The summed E-state index contributed by atoms with van der Waals surface area (Å²) >= 11 is 0. The predicted octanol–water partition coefficient (Wildman–Crippen LogP) is 0.243. The normalized spacial score (nSPS) is 16.4. The maximum atomic E-state index is 11.5. The maximum Gasteiger partial charge on any atom is 0.326 e. The minimum Gasteiger partial charge on any atom is -0.480 e. The third kappa shape index (κ3) is 5.04. The van der Waals surface area contributed by atoms with E-state index in [4.69, 9.17) is 5.11 Å². The van der Waals surface area contributed by atoms with Crippen LogP contribution in [-0.4, -0.2) is 54.2 Å². The smallest absolute Gasteiger partial charge is 0.326 e. The second kappa shape index (κ2) is 6.44. The lowest BCUT2D eigenvalue weighted by Crippen LogP contribution is -2.46. The highest BCUT2D eigenvalue weighted by molar-refractivity contribution is 5.82. The Hall–Kier alpha value is -1.30. The van der Waals surface area contributed by atoms with Crippen molar-refractivity contribution in [3.05, 3.63) is 0 Å². The van der Waals surface area contributed by atoms with Gasteiger partial charge in [0, 0.05) is 19.6 Å². The van der Waals surface area contributed by atoms with Crippen LogP contribution in [0.1, 0.15) is 26.2 Å². The molecule has 0 aromatic heterocycles. The molecule has 1 atom stereocenters. The van der Waals surface area contributed by atoms with Gasteiger partial charge >= 0.3 is 12.0 Å². The van der Waals surface area contributed by atoms with Gasteiger partial charge in [-0.15, -0.1) is 0 Å². The molecule has 0 aromatic rings. The first-order valence-electron chi connectivity index (χ1n) is 5.99. The molecule has 17 heavy (non-hydrogen) atoms. The average molecular weight is 243 g/mol. The molecule has 1 aliphatic carbocycles. The summed E-state index contributed by atoms with van der Waals surface area (Å²) in [6.07, 6.45) is 3.37. The van der Waals surface area contributed by atoms with Crippen molar-refractivity contribution in [2.24, 2.45) is 0 Å². The first-order valence-corrected chi connectivity index (χ1v) is 5.99. The molecule has 1 fully saturated rings. The summed E-state index contributed by atoms with van der Waals surface area (Å²) in [4.78, 5) is 23.4. The summed E-state index contributed by atoms with van der Waals surface area (Å²) in [7, 11) is 1.48. The maximum absolute atomic E-state index is 11.5. The van der Waals surface area contributed by atoms with Crippen LogP contribution in [0.3, 0.4) is 0 Å². The van der Waals surface area contributed by atoms with E-state index in [0.29, 0.717) is 12.6 Å². The average Bonchev–Trinajstić information content (AvgIpc) is 3.10. The van der Waals surface area contributed by atoms with Gasteiger partial charge in [-0.25, -0.2) is 9.59 Å². The van der Waals surface area contributed by atoms with Crippen molar-refractivity contribution in [1.29, 1.82) is 0 Å². The monoisotopic (exact) mass is 243 g/mol. The number of carbonyl (C=O) groups excluding carboxylic acids is 1. The fraction of sp³-hybridized carbons (Fsp3) is 0.818. The molecule has 0 saturated heterocycles. The fourth-order valence-corrected chi connectivity index (χ4v) is 1.34. The van der Waals surface area contributed by atoms with E-state index in [9.17, 15) is 9.59 Å². The van der Waals surface area contributed by atoms with E-state index in [-0.39, 0.29) is 6.03 Å². The van der Waals surface area contributed by atoms with Gasteiger partial charge in [-0.3, -0.25) is 0 Å². The molecule has 1 aliphatic rings. The molecule has 1 rings (SSSR count). The van der Waals surface area contributed by atoms with E-state index in [1.165, 1.54) is 31.7 Å². The molecule has 0 aromatic carbocycles. The molecule has 6 heteroatoms. The van der Waals surface area contributed by atoms with Crippen molar-refractivity contribution in [3.8, 4) is 0 Å². The molecule has 1 unspecified atom stereocenters. The standard InChI is InChI=1S/C11H21N3O3/c1-8(10(15)16)14(2)11(17)13-7-3-6-12-9-4-5-9/h8-9,12H,3-7H2,1-2H3,(H,13,17)(H,15,16). The number of aliphatic carboxylic acids is 1. The highest BCUT2D eigenvalue weighted by Crippen LogP contribution is 2.18. The minimum absolute atomic E-state index is 0.341. The third-order valence-corrected chi connectivity index (χ3v) is 2.90. The second-order valence-electron chi connectivity index (χ2n) is 4.44. The first kappa shape index (κ1) is 13.8. The molecular weight excluding hydrogens is 222 g/mol. The van der Waals surface area contributed by atoms with Gasteiger partial charge in [0.15, 0.2) is 0 Å². The van der Waals surface area contributed by atoms with Gasteiger partial charge in [-0.05, 0) is 32.7 Å². The zero-order chi connectivity index (χ0) is 12.8. The van der Waals surface area contributed by atoms with Gasteiger partial charge in [-0.1, -0.05) is 0 Å². The zero-order valence-corrected chi connectivity index (χ0v) is 10.4. The van der Waals surface area contributed by atoms with Crippen LogP contribution in [0.4, 0.5) is 4.79 Å². The molecule has 2 amide bonds. The molecule has 1 saturated carbocycles. The van der Waals surface area contributed by atoms with Crippen molar-refractivity contribution in [1.82, 2.24) is 15.5 Å². The Morgan fingerprint density at radius 2 is 2.06 bits per heavy atom. The third-order valence-electron chi connectivity index (χ3n) is 2.90. The minimum atomic E-state index is -1.00. The Kier molecular flexibility index (Phi) is 5.21. The number of carbonyl (C=O) groups is 2. The summed E-state index contributed by atoms with van der Waals surface area (Å²) in [5.74, 6) is -1.00. The van der Waals surface area contributed by atoms with Crippen LogP contribution in [-0.2, 0) is 4.79 Å². The second-order valence-corrected chi connectivity index (χ2v) is 4.44. The molecular formula is C11H21N3O3. The molecule has 0 spiro atoms. The molecule has 0 radical (unpaired) electrons. The van der Waals surface area contributed by atoms with Gasteiger partial charge in [0.2, 0.25) is 0 Å². The van der Waals surface area contributed by atoms with E-state index in [1.807, 2.05) is 0 Å². The Labute approximate surface area is 101 Å². The number of nitrogens with zero attached hydrogens (tertiary/aromatic N) is 1. The Balaban J connectivity index is 2.08. The van der Waals surface area contributed by atoms with E-state index < -0.39 is 12.0 Å². The highest BCUT2D eigenvalue weighted by Gasteiger charge is 2.21. The Morgan fingerprint density at radius 3 is 2.59 bits per heavy atom. The molecule has 3 N–H and O–H groups in total. The van der Waals surface area contributed by atoms with E-state index >= 15 is 0 Å². The summed E-state index contributed by atoms with van der Waals surface area (Å²) in [5, 5.41) is 14.8. The SMILES string of the molecule is CC(C(=O)O)N(C)C(=O)NCCCNC1CC1. The van der Waals surface area contributed by atoms with Crippen molar-refractivity contribution in [2.75, 3.05) is 20.1 Å². The summed E-state index contributed by atoms with van der Waals surface area (Å²) < 4.78 is 0. The van der Waals surface area contributed by atoms with Gasteiger partial charge in [0.25, 0.3) is 0 Å². The lowest BCUT2D eigenvalue weighted by Gasteiger charge is -2.21. The Bertz CT molecular complexity index is 279. The van der Waals surface area contributed by atoms with Crippen LogP contribution in [0.2, 0.25) is 0 Å². The Morgan fingerprint density at radius 1 is 1.41 bits per heavy atom. The summed E-state index contributed by atoms with van der Waals surface area (Å²) in [5.41, 5.74) is 0. The summed E-state index contributed by atoms with van der Waals surface area (Å²) in [6.45, 7) is 2.94. The van der Waals surface area contributed by atoms with E-state index in [2.05, 4.69) is 10.6 Å². The molecule has 6 nitrogen and oxygen atoms in total. The number of nitrogens with one attached hydrogen (secondary N) is 2. The van der Waals surface area contributed by atoms with E-state index in [1.54, 1.807) is 0 Å². The van der Waals surface area contributed by atoms with Crippen LogP contribution in [0.15, 0.2) is 0 Å². The van der Waals surface area contributed by atoms with Gasteiger partial charge in [-0.2, -0.15) is 0 Å². The number of rotatable bonds is 7. The fourth-order valence-electron chi connectivity index (χ4n) is 1.34. The van der Waals surface area contributed by atoms with Crippen molar-refractivity contribution in [2.45, 2.75) is 38.3 Å². The summed E-state index contributed by atoms with van der Waals surface area (Å²) in [6, 6.07) is -0.466. The van der Waals surface area contributed by atoms with Crippen molar-refractivity contribution in [3.63, 3.8) is 0 Å². The lowest BCUT2D eigenvalue weighted by molar-refractivity contribution is -0.141. The molecule has 98 valence electrons. The quantitative estimate of drug-likeness (QED) is 0.560. The van der Waals surface area contributed by atoms with Gasteiger partial charge < -0.3 is 20.6 Å². The van der Waals surface area contributed by atoms with Crippen LogP contribution in [0.25, 0.3) is 0 Å². The number of likely N-dealkylation sites (N-methyl/N-ethyl adjacent to an activating group) is 1.